The van der Waals surface area contributed by atoms with E-state index in [2.05, 4.69) is 4.98 Å². The monoisotopic (exact) mass is 290 g/mol. The standard InChI is InChI=1S/C14H14N2O3S/c1-8-10(14(18)19)4-5-16(8)13(17)9-2-3-11-12(6-9)20-7-15-11/h2-3,6-8,10H,4-5H2,1H3,(H,18,19). The number of carboxylic acid groups (broad SMARTS) is 1. The number of benzene rings is 1. The van der Waals surface area contributed by atoms with Crippen molar-refractivity contribution in [3.63, 3.8) is 0 Å². The highest BCUT2D eigenvalue weighted by molar-refractivity contribution is 7.16. The summed E-state index contributed by atoms with van der Waals surface area (Å²) in [5.41, 5.74) is 3.22. The molecule has 1 aromatic carbocycles. The fraction of sp³-hybridized carbons (Fsp3) is 0.357. The maximum Gasteiger partial charge on any atom is 0.308 e. The lowest BCUT2D eigenvalue weighted by Crippen LogP contribution is -2.37. The van der Waals surface area contributed by atoms with Gasteiger partial charge in [-0.2, -0.15) is 0 Å². The van der Waals surface area contributed by atoms with Crippen molar-refractivity contribution in [2.75, 3.05) is 6.54 Å². The minimum atomic E-state index is -0.828. The number of carboxylic acids is 1. The number of aromatic nitrogens is 1. The molecule has 2 atom stereocenters. The molecular weight excluding hydrogens is 276 g/mol. The molecule has 0 saturated carbocycles. The van der Waals surface area contributed by atoms with E-state index in [0.717, 1.165) is 10.2 Å². The fourth-order valence-electron chi connectivity index (χ4n) is 2.71. The molecular formula is C14H14N2O3S. The Bertz CT molecular complexity index is 682. The Balaban J connectivity index is 1.87. The number of amides is 1. The lowest BCUT2D eigenvalue weighted by molar-refractivity contribution is -0.142. The molecule has 6 heteroatoms. The maximum absolute atomic E-state index is 12.5. The van der Waals surface area contributed by atoms with Crippen molar-refractivity contribution in [2.45, 2.75) is 19.4 Å². The second-order valence-electron chi connectivity index (χ2n) is 5.01. The first-order valence-corrected chi connectivity index (χ1v) is 7.33. The third-order valence-electron chi connectivity index (χ3n) is 3.91. The zero-order chi connectivity index (χ0) is 14.3. The molecule has 3 rings (SSSR count). The van der Waals surface area contributed by atoms with E-state index < -0.39 is 11.9 Å². The van der Waals surface area contributed by atoms with Gasteiger partial charge in [0.2, 0.25) is 0 Å². The number of likely N-dealkylation sites (tertiary alicyclic amines) is 1. The van der Waals surface area contributed by atoms with Gasteiger partial charge in [0, 0.05) is 18.2 Å². The molecule has 2 heterocycles. The van der Waals surface area contributed by atoms with Gasteiger partial charge in [0.1, 0.15) is 0 Å². The molecule has 1 N–H and O–H groups in total. The summed E-state index contributed by atoms with van der Waals surface area (Å²) in [5.74, 6) is -1.40. The Morgan fingerprint density at radius 2 is 2.25 bits per heavy atom. The molecule has 0 aliphatic carbocycles. The molecule has 1 saturated heterocycles. The van der Waals surface area contributed by atoms with Crippen molar-refractivity contribution in [1.29, 1.82) is 0 Å². The van der Waals surface area contributed by atoms with E-state index >= 15 is 0 Å². The molecule has 1 aliphatic rings. The molecule has 0 spiro atoms. The van der Waals surface area contributed by atoms with E-state index in [9.17, 15) is 9.59 Å². The van der Waals surface area contributed by atoms with Gasteiger partial charge in [-0.1, -0.05) is 0 Å². The highest BCUT2D eigenvalue weighted by atomic mass is 32.1. The summed E-state index contributed by atoms with van der Waals surface area (Å²) in [5, 5.41) is 9.12. The van der Waals surface area contributed by atoms with Gasteiger partial charge in [-0.15, -0.1) is 11.3 Å². The van der Waals surface area contributed by atoms with Crippen LogP contribution >= 0.6 is 11.3 Å². The molecule has 2 aromatic rings. The Labute approximate surface area is 119 Å². The molecule has 2 unspecified atom stereocenters. The Kier molecular flexibility index (Phi) is 3.17. The molecule has 20 heavy (non-hydrogen) atoms. The number of nitrogens with zero attached hydrogens (tertiary/aromatic N) is 2. The van der Waals surface area contributed by atoms with Gasteiger partial charge in [-0.3, -0.25) is 9.59 Å². The number of carbonyl (C=O) groups is 2. The predicted octanol–water partition coefficient (Wildman–Crippen LogP) is 2.23. The second-order valence-corrected chi connectivity index (χ2v) is 5.89. The van der Waals surface area contributed by atoms with Crippen molar-refractivity contribution in [3.8, 4) is 0 Å². The van der Waals surface area contributed by atoms with Crippen LogP contribution in [0.2, 0.25) is 0 Å². The Hall–Kier alpha value is -1.95. The van der Waals surface area contributed by atoms with Crippen molar-refractivity contribution in [1.82, 2.24) is 9.88 Å². The molecule has 1 aliphatic heterocycles. The SMILES string of the molecule is CC1C(C(=O)O)CCN1C(=O)c1ccc2ncsc2c1. The van der Waals surface area contributed by atoms with Gasteiger partial charge in [-0.25, -0.2) is 4.98 Å². The largest absolute Gasteiger partial charge is 0.481 e. The molecule has 1 amide bonds. The van der Waals surface area contributed by atoms with Gasteiger partial charge in [0.25, 0.3) is 5.91 Å². The number of aliphatic carboxylic acids is 1. The van der Waals surface area contributed by atoms with Gasteiger partial charge < -0.3 is 10.0 Å². The highest BCUT2D eigenvalue weighted by Gasteiger charge is 2.38. The summed E-state index contributed by atoms with van der Waals surface area (Å²) >= 11 is 1.49. The summed E-state index contributed by atoms with van der Waals surface area (Å²) in [7, 11) is 0. The van der Waals surface area contributed by atoms with Crippen molar-refractivity contribution < 1.29 is 14.7 Å². The number of hydrogen-bond acceptors (Lipinski definition) is 4. The molecule has 104 valence electrons. The first kappa shape index (κ1) is 13.1. The smallest absolute Gasteiger partial charge is 0.308 e. The zero-order valence-electron chi connectivity index (χ0n) is 10.9. The minimum Gasteiger partial charge on any atom is -0.481 e. The molecule has 0 radical (unpaired) electrons. The van der Waals surface area contributed by atoms with E-state index in [0.29, 0.717) is 18.5 Å². The van der Waals surface area contributed by atoms with Crippen LogP contribution in [0.3, 0.4) is 0 Å². The minimum absolute atomic E-state index is 0.100. The average Bonchev–Trinajstić information content (AvgIpc) is 3.03. The van der Waals surface area contributed by atoms with Crippen LogP contribution in [0.25, 0.3) is 10.2 Å². The highest BCUT2D eigenvalue weighted by Crippen LogP contribution is 2.27. The first-order chi connectivity index (χ1) is 9.58. The topological polar surface area (TPSA) is 70.5 Å². The normalized spacial score (nSPS) is 22.4. The van der Waals surface area contributed by atoms with Crippen molar-refractivity contribution >= 4 is 33.4 Å². The van der Waals surface area contributed by atoms with Gasteiger partial charge in [-0.05, 0) is 31.5 Å². The molecule has 5 nitrogen and oxygen atoms in total. The predicted molar refractivity (Wildman–Crippen MR) is 75.9 cm³/mol. The van der Waals surface area contributed by atoms with Crippen LogP contribution in [-0.2, 0) is 4.79 Å². The second kappa shape index (κ2) is 4.86. The summed E-state index contributed by atoms with van der Waals surface area (Å²) in [6.45, 7) is 2.30. The summed E-state index contributed by atoms with van der Waals surface area (Å²) < 4.78 is 0.970. The quantitative estimate of drug-likeness (QED) is 0.920. The van der Waals surface area contributed by atoms with Crippen LogP contribution in [0, 0.1) is 5.92 Å². The van der Waals surface area contributed by atoms with E-state index in [-0.39, 0.29) is 11.9 Å². The van der Waals surface area contributed by atoms with Crippen LogP contribution in [0.15, 0.2) is 23.7 Å². The van der Waals surface area contributed by atoms with Crippen LogP contribution in [0.5, 0.6) is 0 Å². The fourth-order valence-corrected chi connectivity index (χ4v) is 3.43. The van der Waals surface area contributed by atoms with Gasteiger partial charge in [0.15, 0.2) is 0 Å². The molecule has 0 bridgehead atoms. The van der Waals surface area contributed by atoms with Crippen LogP contribution in [0.4, 0.5) is 0 Å². The van der Waals surface area contributed by atoms with E-state index in [1.54, 1.807) is 23.4 Å². The number of thiazole rings is 1. The molecule has 1 aromatic heterocycles. The van der Waals surface area contributed by atoms with E-state index in [1.807, 2.05) is 12.1 Å². The Morgan fingerprint density at radius 3 is 2.95 bits per heavy atom. The van der Waals surface area contributed by atoms with E-state index in [4.69, 9.17) is 5.11 Å². The Morgan fingerprint density at radius 1 is 1.45 bits per heavy atom. The number of fused-ring (bicyclic) bond motifs is 1. The molecule has 1 fully saturated rings. The third kappa shape index (κ3) is 2.06. The summed E-state index contributed by atoms with van der Waals surface area (Å²) in [6, 6.07) is 5.15. The lowest BCUT2D eigenvalue weighted by Gasteiger charge is -2.23. The van der Waals surface area contributed by atoms with Crippen LogP contribution in [0.1, 0.15) is 23.7 Å². The van der Waals surface area contributed by atoms with Gasteiger partial charge in [0.05, 0.1) is 21.6 Å². The number of hydrogen-bond donors (Lipinski definition) is 1. The summed E-state index contributed by atoms with van der Waals surface area (Å²) in [4.78, 5) is 29.5. The maximum atomic E-state index is 12.5. The average molecular weight is 290 g/mol. The van der Waals surface area contributed by atoms with Gasteiger partial charge >= 0.3 is 5.97 Å². The zero-order valence-corrected chi connectivity index (χ0v) is 11.8. The third-order valence-corrected chi connectivity index (χ3v) is 4.70. The van der Waals surface area contributed by atoms with Crippen molar-refractivity contribution in [3.05, 3.63) is 29.3 Å². The van der Waals surface area contributed by atoms with Crippen LogP contribution in [-0.4, -0.2) is 39.5 Å². The van der Waals surface area contributed by atoms with Crippen LogP contribution < -0.4 is 0 Å². The lowest BCUT2D eigenvalue weighted by atomic mass is 10.0. The number of carbonyl (C=O) groups excluding carboxylic acids is 1. The summed E-state index contributed by atoms with van der Waals surface area (Å²) in [6.07, 6.45) is 0.519. The van der Waals surface area contributed by atoms with Crippen molar-refractivity contribution in [2.24, 2.45) is 5.92 Å². The first-order valence-electron chi connectivity index (χ1n) is 6.45. The number of rotatable bonds is 2. The van der Waals surface area contributed by atoms with E-state index in [1.165, 1.54) is 11.3 Å².